The molecule has 1 aromatic heterocycles. The molecule has 0 bridgehead atoms. The molecule has 0 spiro atoms. The van der Waals surface area contributed by atoms with Crippen molar-refractivity contribution in [2.75, 3.05) is 18.1 Å². The van der Waals surface area contributed by atoms with Gasteiger partial charge in [0.05, 0.1) is 10.8 Å². The maximum Gasteiger partial charge on any atom is 0.406 e. The van der Waals surface area contributed by atoms with Crippen LogP contribution in [0.1, 0.15) is 19.8 Å². The number of carbonyl (C=O) groups excluding carboxylic acids is 1. The summed E-state index contributed by atoms with van der Waals surface area (Å²) < 4.78 is 39.9. The first-order valence-electron chi connectivity index (χ1n) is 8.71. The van der Waals surface area contributed by atoms with Crippen LogP contribution in [0.15, 0.2) is 23.4 Å². The van der Waals surface area contributed by atoms with Gasteiger partial charge in [-0.05, 0) is 43.9 Å². The van der Waals surface area contributed by atoms with Crippen molar-refractivity contribution >= 4 is 40.9 Å². The molecule has 0 saturated heterocycles. The molecule has 1 amide bonds. The van der Waals surface area contributed by atoms with E-state index in [9.17, 15) is 18.0 Å². The van der Waals surface area contributed by atoms with Gasteiger partial charge in [-0.3, -0.25) is 4.79 Å². The molecule has 2 N–H and O–H groups in total. The lowest BCUT2D eigenvalue weighted by Gasteiger charge is -2.30. The van der Waals surface area contributed by atoms with Gasteiger partial charge >= 0.3 is 6.18 Å². The van der Waals surface area contributed by atoms with E-state index >= 15 is 0 Å². The maximum absolute atomic E-state index is 12.9. The zero-order valence-corrected chi connectivity index (χ0v) is 17.6. The highest BCUT2D eigenvalue weighted by molar-refractivity contribution is 7.99. The van der Waals surface area contributed by atoms with E-state index < -0.39 is 24.7 Å². The smallest absolute Gasteiger partial charge is 0.335 e. The van der Waals surface area contributed by atoms with Crippen molar-refractivity contribution in [3.63, 3.8) is 0 Å². The molecule has 0 aliphatic heterocycles. The summed E-state index contributed by atoms with van der Waals surface area (Å²) in [5, 5.41) is 8.84. The SMILES string of the molecule is CC(C1CC1)N(CC(F)(F)F)C(=O)CSc1nnc(-c2cc(Cl)ccc2Cl)n1N. The molecular weight excluding hydrogens is 450 g/mol. The lowest BCUT2D eigenvalue weighted by atomic mass is 10.2. The van der Waals surface area contributed by atoms with Crippen molar-refractivity contribution in [3.05, 3.63) is 28.2 Å². The van der Waals surface area contributed by atoms with Crippen LogP contribution in [0.2, 0.25) is 10.0 Å². The van der Waals surface area contributed by atoms with Crippen molar-refractivity contribution in [2.45, 2.75) is 37.1 Å². The van der Waals surface area contributed by atoms with Crippen LogP contribution in [0.4, 0.5) is 13.2 Å². The van der Waals surface area contributed by atoms with E-state index in [1.165, 1.54) is 0 Å². The van der Waals surface area contributed by atoms with E-state index in [0.29, 0.717) is 15.6 Å². The molecule has 1 atom stereocenters. The van der Waals surface area contributed by atoms with Gasteiger partial charge in [0.1, 0.15) is 6.54 Å². The first kappa shape index (κ1) is 22.0. The summed E-state index contributed by atoms with van der Waals surface area (Å²) >= 11 is 13.0. The molecule has 6 nitrogen and oxygen atoms in total. The third-order valence-corrected chi connectivity index (χ3v) is 6.12. The predicted octanol–water partition coefficient (Wildman–Crippen LogP) is 4.25. The fourth-order valence-corrected chi connectivity index (χ4v) is 4.04. The van der Waals surface area contributed by atoms with Crippen LogP contribution in [0, 0.1) is 5.92 Å². The van der Waals surface area contributed by atoms with Crippen LogP contribution in [-0.2, 0) is 4.79 Å². The normalized spacial score (nSPS) is 15.4. The largest absolute Gasteiger partial charge is 0.406 e. The molecule has 1 heterocycles. The molecule has 0 radical (unpaired) electrons. The number of hydrogen-bond acceptors (Lipinski definition) is 5. The standard InChI is InChI=1S/C17H18Cl2F3N5OS/c1-9(10-2-3-10)26(8-17(20,21)22)14(28)7-29-16-25-24-15(27(16)23)12-6-11(18)4-5-13(12)19/h4-6,9-10H,2-3,7-8,23H2,1H3. The third kappa shape index (κ3) is 5.49. The van der Waals surface area contributed by atoms with Gasteiger partial charge in [-0.15, -0.1) is 10.2 Å². The summed E-state index contributed by atoms with van der Waals surface area (Å²) in [7, 11) is 0. The van der Waals surface area contributed by atoms with Crippen molar-refractivity contribution in [1.82, 2.24) is 19.8 Å². The number of hydrogen-bond donors (Lipinski definition) is 1. The Balaban J connectivity index is 1.72. The molecule has 1 aliphatic carbocycles. The number of nitrogens with two attached hydrogens (primary N) is 1. The average molecular weight is 468 g/mol. The van der Waals surface area contributed by atoms with Gasteiger partial charge in [-0.25, -0.2) is 4.68 Å². The summed E-state index contributed by atoms with van der Waals surface area (Å²) in [6.07, 6.45) is -2.80. The van der Waals surface area contributed by atoms with Gasteiger partial charge in [0.2, 0.25) is 11.1 Å². The average Bonchev–Trinajstić information content (AvgIpc) is 3.42. The quantitative estimate of drug-likeness (QED) is 0.486. The molecule has 3 rings (SSSR count). The van der Waals surface area contributed by atoms with E-state index in [4.69, 9.17) is 29.0 Å². The number of halogens is 5. The van der Waals surface area contributed by atoms with Gasteiger partial charge in [-0.1, -0.05) is 35.0 Å². The third-order valence-electron chi connectivity index (χ3n) is 4.62. The zero-order valence-electron chi connectivity index (χ0n) is 15.3. The zero-order chi connectivity index (χ0) is 21.3. The number of amides is 1. The first-order valence-corrected chi connectivity index (χ1v) is 10.5. The van der Waals surface area contributed by atoms with E-state index in [1.807, 2.05) is 0 Å². The monoisotopic (exact) mass is 467 g/mol. The molecule has 29 heavy (non-hydrogen) atoms. The summed E-state index contributed by atoms with van der Waals surface area (Å²) in [4.78, 5) is 13.4. The Kier molecular flexibility index (Phi) is 6.54. The minimum atomic E-state index is -4.46. The molecule has 1 unspecified atom stereocenters. The van der Waals surface area contributed by atoms with E-state index in [1.54, 1.807) is 25.1 Å². The maximum atomic E-state index is 12.9. The van der Waals surface area contributed by atoms with Crippen LogP contribution in [0.25, 0.3) is 11.4 Å². The molecule has 1 fully saturated rings. The fraction of sp³-hybridized carbons (Fsp3) is 0.471. The number of nitrogen functional groups attached to an aromatic ring is 1. The Bertz CT molecular complexity index is 904. The van der Waals surface area contributed by atoms with Crippen LogP contribution in [-0.4, -0.2) is 50.2 Å². The van der Waals surface area contributed by atoms with E-state index in [0.717, 1.165) is 34.2 Å². The highest BCUT2D eigenvalue weighted by atomic mass is 35.5. The highest BCUT2D eigenvalue weighted by Gasteiger charge is 2.40. The topological polar surface area (TPSA) is 77.0 Å². The fourth-order valence-electron chi connectivity index (χ4n) is 2.92. The molecule has 1 aromatic carbocycles. The number of thioether (sulfide) groups is 1. The van der Waals surface area contributed by atoms with Crippen molar-refractivity contribution in [3.8, 4) is 11.4 Å². The van der Waals surface area contributed by atoms with Gasteiger partial charge < -0.3 is 10.7 Å². The number of rotatable bonds is 7. The molecule has 1 aliphatic rings. The molecule has 158 valence electrons. The second-order valence-electron chi connectivity index (χ2n) is 6.80. The minimum absolute atomic E-state index is 0.112. The Hall–Kier alpha value is -1.65. The van der Waals surface area contributed by atoms with E-state index in [2.05, 4.69) is 10.2 Å². The Labute approximate surface area is 179 Å². The predicted molar refractivity (Wildman–Crippen MR) is 106 cm³/mol. The molecule has 12 heteroatoms. The Morgan fingerprint density at radius 1 is 1.38 bits per heavy atom. The van der Waals surface area contributed by atoms with Crippen LogP contribution < -0.4 is 5.84 Å². The number of carbonyl (C=O) groups is 1. The van der Waals surface area contributed by atoms with Crippen molar-refractivity contribution in [1.29, 1.82) is 0 Å². The second-order valence-corrected chi connectivity index (χ2v) is 8.59. The Morgan fingerprint density at radius 2 is 2.07 bits per heavy atom. The van der Waals surface area contributed by atoms with Gasteiger partial charge in [0.15, 0.2) is 5.82 Å². The van der Waals surface area contributed by atoms with Crippen LogP contribution >= 0.6 is 35.0 Å². The molecular formula is C17H18Cl2F3N5OS. The van der Waals surface area contributed by atoms with Gasteiger partial charge in [0.25, 0.3) is 0 Å². The van der Waals surface area contributed by atoms with Crippen molar-refractivity contribution < 1.29 is 18.0 Å². The summed E-state index contributed by atoms with van der Waals surface area (Å²) in [6.45, 7) is 0.374. The van der Waals surface area contributed by atoms with Crippen LogP contribution in [0.3, 0.4) is 0 Å². The van der Waals surface area contributed by atoms with Gasteiger partial charge in [0, 0.05) is 16.6 Å². The number of aromatic nitrogens is 3. The lowest BCUT2D eigenvalue weighted by Crippen LogP contribution is -2.46. The number of alkyl halides is 3. The number of nitrogens with zero attached hydrogens (tertiary/aromatic N) is 4. The second kappa shape index (κ2) is 8.61. The van der Waals surface area contributed by atoms with Gasteiger partial charge in [-0.2, -0.15) is 13.2 Å². The first-order chi connectivity index (χ1) is 13.6. The van der Waals surface area contributed by atoms with E-state index in [-0.39, 0.29) is 22.7 Å². The van der Waals surface area contributed by atoms with Crippen molar-refractivity contribution in [2.24, 2.45) is 5.92 Å². The lowest BCUT2D eigenvalue weighted by molar-refractivity contribution is -0.164. The van der Waals surface area contributed by atoms with Crippen LogP contribution in [0.5, 0.6) is 0 Å². The summed E-state index contributed by atoms with van der Waals surface area (Å²) in [6, 6.07) is 4.29. The number of benzene rings is 1. The summed E-state index contributed by atoms with van der Waals surface area (Å²) in [5.41, 5.74) is 0.452. The minimum Gasteiger partial charge on any atom is -0.335 e. The summed E-state index contributed by atoms with van der Waals surface area (Å²) in [5.74, 6) is 5.47. The highest BCUT2D eigenvalue weighted by Crippen LogP contribution is 2.36. The molecule has 2 aromatic rings. The Morgan fingerprint density at radius 3 is 2.69 bits per heavy atom. The molecule has 1 saturated carbocycles.